The predicted octanol–water partition coefficient (Wildman–Crippen LogP) is 1.33. The molecule has 2 aromatic rings. The van der Waals surface area contributed by atoms with Crippen LogP contribution in [0.4, 0.5) is 0 Å². The summed E-state index contributed by atoms with van der Waals surface area (Å²) in [4.78, 5) is 34.9. The summed E-state index contributed by atoms with van der Waals surface area (Å²) in [5.41, 5.74) is 2.04. The van der Waals surface area contributed by atoms with Crippen LogP contribution in [0.3, 0.4) is 0 Å². The second kappa shape index (κ2) is 8.22. The normalized spacial score (nSPS) is 10.5. The maximum absolute atomic E-state index is 12.0. The van der Waals surface area contributed by atoms with Crippen LogP contribution in [0.2, 0.25) is 0 Å². The standard InChI is InChI=1S/C17H22N4O2/c1-3-15-20-12(2)14(17(23)21-15)11-16(22)19-8-4-5-13-6-9-18-10-7-13/h6-7,9-10H,3-5,8,11H2,1-2H3,(H,19,22)(H,20,21,23). The van der Waals surface area contributed by atoms with Crippen LogP contribution < -0.4 is 10.9 Å². The van der Waals surface area contributed by atoms with E-state index in [0.29, 0.717) is 30.0 Å². The first-order valence-corrected chi connectivity index (χ1v) is 7.84. The molecular weight excluding hydrogens is 292 g/mol. The van der Waals surface area contributed by atoms with Crippen molar-refractivity contribution in [3.63, 3.8) is 0 Å². The molecule has 0 aromatic carbocycles. The predicted molar refractivity (Wildman–Crippen MR) is 88.2 cm³/mol. The fraction of sp³-hybridized carbons (Fsp3) is 0.412. The van der Waals surface area contributed by atoms with Gasteiger partial charge in [0.1, 0.15) is 5.82 Å². The van der Waals surface area contributed by atoms with E-state index in [2.05, 4.69) is 20.3 Å². The van der Waals surface area contributed by atoms with Crippen LogP contribution in [0.15, 0.2) is 29.3 Å². The minimum Gasteiger partial charge on any atom is -0.356 e. The molecular formula is C17H22N4O2. The molecule has 23 heavy (non-hydrogen) atoms. The van der Waals surface area contributed by atoms with Gasteiger partial charge in [0.2, 0.25) is 5.91 Å². The Labute approximate surface area is 135 Å². The van der Waals surface area contributed by atoms with E-state index in [-0.39, 0.29) is 17.9 Å². The largest absolute Gasteiger partial charge is 0.356 e. The number of nitrogens with zero attached hydrogens (tertiary/aromatic N) is 2. The van der Waals surface area contributed by atoms with Gasteiger partial charge in [-0.15, -0.1) is 0 Å². The third kappa shape index (κ3) is 5.02. The monoisotopic (exact) mass is 314 g/mol. The molecule has 0 saturated carbocycles. The molecule has 6 nitrogen and oxygen atoms in total. The number of aryl methyl sites for hydroxylation is 3. The minimum absolute atomic E-state index is 0.0629. The third-order valence-corrected chi connectivity index (χ3v) is 3.66. The summed E-state index contributed by atoms with van der Waals surface area (Å²) in [6.45, 7) is 4.27. The quantitative estimate of drug-likeness (QED) is 0.755. The molecule has 0 fully saturated rings. The van der Waals surface area contributed by atoms with Crippen LogP contribution in [-0.4, -0.2) is 27.4 Å². The van der Waals surface area contributed by atoms with Gasteiger partial charge in [-0.25, -0.2) is 4.98 Å². The van der Waals surface area contributed by atoms with Gasteiger partial charge in [0, 0.05) is 36.6 Å². The highest BCUT2D eigenvalue weighted by atomic mass is 16.2. The van der Waals surface area contributed by atoms with Gasteiger partial charge < -0.3 is 10.3 Å². The maximum atomic E-state index is 12.0. The highest BCUT2D eigenvalue weighted by molar-refractivity contribution is 5.78. The Morgan fingerprint density at radius 2 is 2.04 bits per heavy atom. The number of amides is 1. The number of rotatable bonds is 7. The Kier molecular flexibility index (Phi) is 6.02. The van der Waals surface area contributed by atoms with Gasteiger partial charge in [0.25, 0.3) is 5.56 Å². The van der Waals surface area contributed by atoms with E-state index in [1.54, 1.807) is 19.3 Å². The van der Waals surface area contributed by atoms with Crippen LogP contribution in [0.5, 0.6) is 0 Å². The zero-order chi connectivity index (χ0) is 16.7. The van der Waals surface area contributed by atoms with Gasteiger partial charge in [-0.3, -0.25) is 14.6 Å². The van der Waals surface area contributed by atoms with Crippen molar-refractivity contribution in [2.24, 2.45) is 0 Å². The van der Waals surface area contributed by atoms with Crippen LogP contribution >= 0.6 is 0 Å². The number of aromatic amines is 1. The van der Waals surface area contributed by atoms with Crippen LogP contribution in [0.1, 0.15) is 36.0 Å². The lowest BCUT2D eigenvalue weighted by Gasteiger charge is -2.07. The Hall–Kier alpha value is -2.50. The lowest BCUT2D eigenvalue weighted by atomic mass is 10.1. The number of carbonyl (C=O) groups is 1. The second-order valence-electron chi connectivity index (χ2n) is 5.42. The molecule has 0 aliphatic rings. The van der Waals surface area contributed by atoms with E-state index >= 15 is 0 Å². The zero-order valence-corrected chi connectivity index (χ0v) is 13.6. The van der Waals surface area contributed by atoms with E-state index in [1.807, 2.05) is 19.1 Å². The molecule has 0 saturated heterocycles. The molecule has 2 aromatic heterocycles. The van der Waals surface area contributed by atoms with Crippen molar-refractivity contribution in [3.05, 3.63) is 57.5 Å². The van der Waals surface area contributed by atoms with Crippen molar-refractivity contribution < 1.29 is 4.79 Å². The summed E-state index contributed by atoms with van der Waals surface area (Å²) in [5.74, 6) is 0.494. The third-order valence-electron chi connectivity index (χ3n) is 3.66. The van der Waals surface area contributed by atoms with Crippen molar-refractivity contribution >= 4 is 5.91 Å². The van der Waals surface area contributed by atoms with E-state index in [1.165, 1.54) is 5.56 Å². The van der Waals surface area contributed by atoms with Crippen LogP contribution in [0.25, 0.3) is 0 Å². The molecule has 0 unspecified atom stereocenters. The molecule has 0 aliphatic carbocycles. The van der Waals surface area contributed by atoms with Gasteiger partial charge in [-0.05, 0) is 37.5 Å². The van der Waals surface area contributed by atoms with Crippen molar-refractivity contribution in [1.82, 2.24) is 20.3 Å². The number of H-pyrrole nitrogens is 1. The summed E-state index contributed by atoms with van der Waals surface area (Å²) in [5, 5.41) is 2.85. The topological polar surface area (TPSA) is 87.7 Å². The number of hydrogen-bond donors (Lipinski definition) is 2. The lowest BCUT2D eigenvalue weighted by Crippen LogP contribution is -2.30. The molecule has 6 heteroatoms. The first kappa shape index (κ1) is 16.9. The molecule has 0 radical (unpaired) electrons. The fourth-order valence-electron chi connectivity index (χ4n) is 2.34. The summed E-state index contributed by atoms with van der Waals surface area (Å²) in [7, 11) is 0. The number of pyridine rings is 1. The lowest BCUT2D eigenvalue weighted by molar-refractivity contribution is -0.120. The Morgan fingerprint density at radius 3 is 2.70 bits per heavy atom. The second-order valence-corrected chi connectivity index (χ2v) is 5.42. The number of nitrogens with one attached hydrogen (secondary N) is 2. The van der Waals surface area contributed by atoms with Crippen molar-refractivity contribution in [2.45, 2.75) is 39.5 Å². The SMILES string of the molecule is CCc1nc(C)c(CC(=O)NCCCc2ccncc2)c(=O)[nH]1. The Balaban J connectivity index is 1.82. The van der Waals surface area contributed by atoms with Crippen molar-refractivity contribution in [1.29, 1.82) is 0 Å². The molecule has 0 spiro atoms. The van der Waals surface area contributed by atoms with Gasteiger partial charge in [0.05, 0.1) is 6.42 Å². The van der Waals surface area contributed by atoms with Crippen molar-refractivity contribution in [3.8, 4) is 0 Å². The van der Waals surface area contributed by atoms with Crippen LogP contribution in [0, 0.1) is 6.92 Å². The van der Waals surface area contributed by atoms with Crippen molar-refractivity contribution in [2.75, 3.05) is 6.54 Å². The smallest absolute Gasteiger partial charge is 0.254 e. The average molecular weight is 314 g/mol. The minimum atomic E-state index is -0.221. The molecule has 2 heterocycles. The molecule has 1 amide bonds. The number of aromatic nitrogens is 3. The highest BCUT2D eigenvalue weighted by Crippen LogP contribution is 2.02. The molecule has 0 bridgehead atoms. The highest BCUT2D eigenvalue weighted by Gasteiger charge is 2.11. The molecule has 122 valence electrons. The van der Waals surface area contributed by atoms with E-state index in [9.17, 15) is 9.59 Å². The van der Waals surface area contributed by atoms with Gasteiger partial charge in [-0.2, -0.15) is 0 Å². The van der Waals surface area contributed by atoms with Crippen LogP contribution in [-0.2, 0) is 24.1 Å². The Morgan fingerprint density at radius 1 is 1.30 bits per heavy atom. The van der Waals surface area contributed by atoms with Gasteiger partial charge in [0.15, 0.2) is 0 Å². The zero-order valence-electron chi connectivity index (χ0n) is 13.6. The first-order chi connectivity index (χ1) is 11.1. The summed E-state index contributed by atoms with van der Waals surface area (Å²) >= 11 is 0. The number of hydrogen-bond acceptors (Lipinski definition) is 4. The molecule has 0 atom stereocenters. The van der Waals surface area contributed by atoms with Gasteiger partial charge >= 0.3 is 0 Å². The first-order valence-electron chi connectivity index (χ1n) is 7.84. The van der Waals surface area contributed by atoms with E-state index < -0.39 is 0 Å². The maximum Gasteiger partial charge on any atom is 0.254 e. The summed E-state index contributed by atoms with van der Waals surface area (Å²) in [6.07, 6.45) is 5.98. The molecule has 0 aliphatic heterocycles. The fourth-order valence-corrected chi connectivity index (χ4v) is 2.34. The Bertz CT molecular complexity index is 710. The summed E-state index contributed by atoms with van der Waals surface area (Å²) in [6, 6.07) is 3.93. The van der Waals surface area contributed by atoms with E-state index in [0.717, 1.165) is 12.8 Å². The van der Waals surface area contributed by atoms with Gasteiger partial charge in [-0.1, -0.05) is 6.92 Å². The molecule has 2 N–H and O–H groups in total. The molecule has 2 rings (SSSR count). The summed E-state index contributed by atoms with van der Waals surface area (Å²) < 4.78 is 0. The average Bonchev–Trinajstić information content (AvgIpc) is 2.55. The van der Waals surface area contributed by atoms with E-state index in [4.69, 9.17) is 0 Å². The number of carbonyl (C=O) groups excluding carboxylic acids is 1.